The maximum atomic E-state index is 2.60. The average Bonchev–Trinajstić information content (AvgIpc) is 2.14. The lowest BCUT2D eigenvalue weighted by Crippen LogP contribution is -2.35. The molecule has 0 unspecified atom stereocenters. The largest absolute Gasteiger partial charge is 0.239 e. The Morgan fingerprint density at radius 3 is 3.08 bits per heavy atom. The van der Waals surface area contributed by atoms with Gasteiger partial charge >= 0.3 is 0 Å². The Morgan fingerprint density at radius 1 is 1.38 bits per heavy atom. The molecule has 0 radical (unpaired) electrons. The molecular formula is C12H22N+. The molecule has 74 valence electrons. The first kappa shape index (κ1) is 9.23. The summed E-state index contributed by atoms with van der Waals surface area (Å²) in [5.41, 5.74) is 0. The molecule has 0 saturated heterocycles. The molecule has 0 aromatic rings. The highest BCUT2D eigenvalue weighted by Crippen LogP contribution is 2.30. The first-order valence-corrected chi connectivity index (χ1v) is 5.97. The van der Waals surface area contributed by atoms with Crippen LogP contribution in [0, 0.1) is 11.8 Å². The van der Waals surface area contributed by atoms with Gasteiger partial charge in [-0.25, -0.2) is 4.58 Å². The van der Waals surface area contributed by atoms with Gasteiger partial charge in [0.1, 0.15) is 19.3 Å². The van der Waals surface area contributed by atoms with Crippen molar-refractivity contribution in [3.05, 3.63) is 0 Å². The first-order chi connectivity index (χ1) is 6.38. The van der Waals surface area contributed by atoms with Crippen LogP contribution in [-0.4, -0.2) is 23.9 Å². The number of fused-ring (bicyclic) bond motifs is 2. The molecule has 0 spiro atoms. The van der Waals surface area contributed by atoms with Crippen molar-refractivity contribution in [3.63, 3.8) is 0 Å². The molecule has 2 rings (SSSR count). The lowest BCUT2D eigenvalue weighted by molar-refractivity contribution is -0.539. The molecule has 1 nitrogen and oxygen atoms in total. The predicted molar refractivity (Wildman–Crippen MR) is 56.4 cm³/mol. The van der Waals surface area contributed by atoms with E-state index < -0.39 is 0 Å². The number of nitrogens with zero attached hydrogens (tertiary/aromatic N) is 1. The molecule has 2 aliphatic rings. The maximum Gasteiger partial charge on any atom is 0.145 e. The van der Waals surface area contributed by atoms with E-state index in [4.69, 9.17) is 0 Å². The third-order valence-electron chi connectivity index (χ3n) is 3.54. The van der Waals surface area contributed by atoms with Crippen molar-refractivity contribution < 1.29 is 4.58 Å². The van der Waals surface area contributed by atoms with E-state index in [9.17, 15) is 0 Å². The van der Waals surface area contributed by atoms with Crippen LogP contribution in [0.15, 0.2) is 0 Å². The molecule has 1 heteroatoms. The highest BCUT2D eigenvalue weighted by Gasteiger charge is 2.30. The van der Waals surface area contributed by atoms with Crippen LogP contribution in [0.25, 0.3) is 0 Å². The Hall–Kier alpha value is -0.330. The van der Waals surface area contributed by atoms with E-state index in [1.807, 2.05) is 0 Å². The summed E-state index contributed by atoms with van der Waals surface area (Å²) in [5.74, 6) is 1.96. The molecule has 2 bridgehead atoms. The lowest BCUT2D eigenvalue weighted by Gasteiger charge is -2.29. The summed E-state index contributed by atoms with van der Waals surface area (Å²) in [6.07, 6.45) is 11.2. The molecule has 0 aromatic heterocycles. The summed E-state index contributed by atoms with van der Waals surface area (Å²) in [6.45, 7) is 4.95. The number of unbranched alkanes of at least 4 members (excludes halogenated alkanes) is 1. The second-order valence-electron chi connectivity index (χ2n) is 4.79. The number of hydrogen-bond acceptors (Lipinski definition) is 0. The van der Waals surface area contributed by atoms with Gasteiger partial charge in [0.05, 0.1) is 0 Å². The van der Waals surface area contributed by atoms with Gasteiger partial charge in [-0.1, -0.05) is 19.8 Å². The van der Waals surface area contributed by atoms with Crippen molar-refractivity contribution in [1.29, 1.82) is 0 Å². The fourth-order valence-corrected chi connectivity index (χ4v) is 2.85. The second kappa shape index (κ2) is 4.26. The third kappa shape index (κ3) is 2.32. The van der Waals surface area contributed by atoms with Gasteiger partial charge in [0, 0.05) is 18.3 Å². The van der Waals surface area contributed by atoms with Crippen molar-refractivity contribution >= 4 is 6.21 Å². The van der Waals surface area contributed by atoms with Gasteiger partial charge in [0.25, 0.3) is 0 Å². The Bertz CT molecular complexity index is 195. The van der Waals surface area contributed by atoms with Crippen molar-refractivity contribution in [3.8, 4) is 0 Å². The van der Waals surface area contributed by atoms with E-state index in [0.29, 0.717) is 0 Å². The first-order valence-electron chi connectivity index (χ1n) is 5.97. The Morgan fingerprint density at radius 2 is 2.31 bits per heavy atom. The molecule has 2 atom stereocenters. The molecule has 13 heavy (non-hydrogen) atoms. The van der Waals surface area contributed by atoms with Crippen molar-refractivity contribution in [1.82, 2.24) is 0 Å². The van der Waals surface area contributed by atoms with Crippen molar-refractivity contribution in [2.45, 2.75) is 45.4 Å². The van der Waals surface area contributed by atoms with Gasteiger partial charge in [-0.15, -0.1) is 0 Å². The van der Waals surface area contributed by atoms with Gasteiger partial charge in [-0.2, -0.15) is 0 Å². The minimum Gasteiger partial charge on any atom is -0.239 e. The Balaban J connectivity index is 1.92. The average molecular weight is 180 g/mol. The van der Waals surface area contributed by atoms with Crippen molar-refractivity contribution in [2.75, 3.05) is 13.1 Å². The predicted octanol–water partition coefficient (Wildman–Crippen LogP) is 2.69. The Labute approximate surface area is 81.8 Å². The molecule has 1 fully saturated rings. The SMILES string of the molecule is CCCC[N+]1=C[C@@H]2CCC[C@H](C2)C1. The minimum atomic E-state index is 0.935. The third-order valence-corrected chi connectivity index (χ3v) is 3.54. The molecule has 1 aliphatic carbocycles. The molecule has 1 saturated carbocycles. The fraction of sp³-hybridized carbons (Fsp3) is 0.917. The van der Waals surface area contributed by atoms with Gasteiger partial charge in [-0.3, -0.25) is 0 Å². The highest BCUT2D eigenvalue weighted by molar-refractivity contribution is 5.56. The smallest absolute Gasteiger partial charge is 0.145 e. The Kier molecular flexibility index (Phi) is 3.02. The summed E-state index contributed by atoms with van der Waals surface area (Å²) in [7, 11) is 0. The summed E-state index contributed by atoms with van der Waals surface area (Å²) in [5, 5.41) is 0. The number of hydrogen-bond donors (Lipinski definition) is 0. The van der Waals surface area contributed by atoms with Crippen LogP contribution in [-0.2, 0) is 0 Å². The van der Waals surface area contributed by atoms with Crippen LogP contribution < -0.4 is 0 Å². The van der Waals surface area contributed by atoms with Gasteiger partial charge in [0.2, 0.25) is 0 Å². The zero-order valence-electron chi connectivity index (χ0n) is 8.84. The van der Waals surface area contributed by atoms with E-state index in [-0.39, 0.29) is 0 Å². The normalized spacial score (nSPS) is 32.8. The molecule has 1 heterocycles. The second-order valence-corrected chi connectivity index (χ2v) is 4.79. The monoisotopic (exact) mass is 180 g/mol. The van der Waals surface area contributed by atoms with E-state index in [1.54, 1.807) is 0 Å². The van der Waals surface area contributed by atoms with Crippen LogP contribution in [0.3, 0.4) is 0 Å². The molecule has 0 N–H and O–H groups in total. The quantitative estimate of drug-likeness (QED) is 0.587. The zero-order valence-corrected chi connectivity index (χ0v) is 8.84. The van der Waals surface area contributed by atoms with Gasteiger partial charge in [-0.05, 0) is 19.3 Å². The summed E-state index contributed by atoms with van der Waals surface area (Å²) in [6, 6.07) is 0. The van der Waals surface area contributed by atoms with Crippen molar-refractivity contribution in [2.24, 2.45) is 11.8 Å². The lowest BCUT2D eigenvalue weighted by atomic mass is 9.80. The summed E-state index contributed by atoms with van der Waals surface area (Å²) >= 11 is 0. The summed E-state index contributed by atoms with van der Waals surface area (Å²) < 4.78 is 2.60. The van der Waals surface area contributed by atoms with E-state index in [1.165, 1.54) is 51.6 Å². The van der Waals surface area contributed by atoms with Gasteiger partial charge < -0.3 is 0 Å². The molecule has 0 amide bonds. The van der Waals surface area contributed by atoms with Crippen LogP contribution in [0.1, 0.15) is 45.4 Å². The molecule has 1 aliphatic heterocycles. The fourth-order valence-electron chi connectivity index (χ4n) is 2.85. The van der Waals surface area contributed by atoms with E-state index >= 15 is 0 Å². The van der Waals surface area contributed by atoms with Crippen LogP contribution >= 0.6 is 0 Å². The zero-order chi connectivity index (χ0) is 9.10. The van der Waals surface area contributed by atoms with Crippen LogP contribution in [0.4, 0.5) is 0 Å². The minimum absolute atomic E-state index is 0.935. The van der Waals surface area contributed by atoms with E-state index in [2.05, 4.69) is 17.7 Å². The topological polar surface area (TPSA) is 3.01 Å². The van der Waals surface area contributed by atoms with Crippen LogP contribution in [0.2, 0.25) is 0 Å². The molecule has 0 aromatic carbocycles. The molecular weight excluding hydrogens is 158 g/mol. The maximum absolute atomic E-state index is 2.60. The van der Waals surface area contributed by atoms with E-state index in [0.717, 1.165) is 11.8 Å². The van der Waals surface area contributed by atoms with Gasteiger partial charge in [0.15, 0.2) is 0 Å². The van der Waals surface area contributed by atoms with Crippen LogP contribution in [0.5, 0.6) is 0 Å². The standard InChI is InChI=1S/C12H22N/c1-2-3-7-13-9-11-5-4-6-12(8-11)10-13/h9,11-12H,2-8,10H2,1H3/q+1/t11-,12-/m1/s1. The number of rotatable bonds is 3. The highest BCUT2D eigenvalue weighted by atomic mass is 15.0. The summed E-state index contributed by atoms with van der Waals surface area (Å²) in [4.78, 5) is 0.